The standard InChI is InChI=1S/C4H4O5P/c1-10(6)9-3-2-7-4(5)8-3/h2H,1H3/q+1. The monoisotopic (exact) mass is 163 g/mol. The van der Waals surface area contributed by atoms with Crippen molar-refractivity contribution >= 4 is 8.03 Å². The van der Waals surface area contributed by atoms with Gasteiger partial charge in [0.25, 0.3) is 0 Å². The molecule has 0 saturated heterocycles. The molecule has 1 unspecified atom stereocenters. The van der Waals surface area contributed by atoms with E-state index in [0.29, 0.717) is 0 Å². The van der Waals surface area contributed by atoms with Crippen LogP contribution in [0.5, 0.6) is 5.95 Å². The molecule has 0 aliphatic heterocycles. The van der Waals surface area contributed by atoms with Gasteiger partial charge in [-0.1, -0.05) is 0 Å². The highest BCUT2D eigenvalue weighted by Crippen LogP contribution is 2.20. The van der Waals surface area contributed by atoms with Crippen LogP contribution in [0.4, 0.5) is 0 Å². The van der Waals surface area contributed by atoms with Gasteiger partial charge in [-0.2, -0.15) is 0 Å². The maximum Gasteiger partial charge on any atom is 0.556 e. The molecule has 0 aliphatic carbocycles. The molecular weight excluding hydrogens is 159 g/mol. The lowest BCUT2D eigenvalue weighted by atomic mass is 11.0. The molecule has 6 heteroatoms. The molecule has 54 valence electrons. The molecule has 0 N–H and O–H groups in total. The van der Waals surface area contributed by atoms with Gasteiger partial charge in [-0.05, 0) is 4.57 Å². The Morgan fingerprint density at radius 2 is 2.40 bits per heavy atom. The number of rotatable bonds is 2. The zero-order chi connectivity index (χ0) is 7.56. The highest BCUT2D eigenvalue weighted by molar-refractivity contribution is 7.38. The zero-order valence-corrected chi connectivity index (χ0v) is 5.96. The minimum Gasteiger partial charge on any atom is -0.395 e. The molecule has 5 nitrogen and oxygen atoms in total. The summed E-state index contributed by atoms with van der Waals surface area (Å²) < 4.78 is 23.3. The van der Waals surface area contributed by atoms with Crippen LogP contribution in [0.2, 0.25) is 0 Å². The summed E-state index contributed by atoms with van der Waals surface area (Å²) in [4.78, 5) is 10.2. The Morgan fingerprint density at radius 1 is 1.70 bits per heavy atom. The topological polar surface area (TPSA) is 69.7 Å². The van der Waals surface area contributed by atoms with Crippen LogP contribution in [-0.4, -0.2) is 6.66 Å². The van der Waals surface area contributed by atoms with Gasteiger partial charge in [-0.15, -0.1) is 0 Å². The van der Waals surface area contributed by atoms with E-state index in [1.165, 1.54) is 6.66 Å². The second-order valence-electron chi connectivity index (χ2n) is 1.44. The molecule has 1 atom stereocenters. The fraction of sp³-hybridized carbons (Fsp3) is 0.250. The summed E-state index contributed by atoms with van der Waals surface area (Å²) in [6.45, 7) is 1.34. The second-order valence-corrected chi connectivity index (χ2v) is 2.50. The van der Waals surface area contributed by atoms with E-state index in [-0.39, 0.29) is 5.95 Å². The molecule has 0 bridgehead atoms. The van der Waals surface area contributed by atoms with Crippen LogP contribution in [-0.2, 0) is 4.57 Å². The molecule has 0 radical (unpaired) electrons. The smallest absolute Gasteiger partial charge is 0.395 e. The summed E-state index contributed by atoms with van der Waals surface area (Å²) in [7, 11) is -1.81. The van der Waals surface area contributed by atoms with Gasteiger partial charge in [0.05, 0.1) is 0 Å². The van der Waals surface area contributed by atoms with Crippen LogP contribution < -0.4 is 10.3 Å². The van der Waals surface area contributed by atoms with Crippen molar-refractivity contribution in [3.05, 3.63) is 16.9 Å². The molecule has 0 fully saturated rings. The van der Waals surface area contributed by atoms with Crippen LogP contribution >= 0.6 is 8.03 Å². The van der Waals surface area contributed by atoms with Crippen LogP contribution in [0.15, 0.2) is 19.9 Å². The molecule has 0 saturated carbocycles. The molecule has 1 heterocycles. The first-order valence-electron chi connectivity index (χ1n) is 2.36. The summed E-state index contributed by atoms with van der Waals surface area (Å²) in [5, 5.41) is 0. The lowest BCUT2D eigenvalue weighted by Crippen LogP contribution is -1.85. The number of hydrogen-bond acceptors (Lipinski definition) is 5. The zero-order valence-electron chi connectivity index (χ0n) is 5.07. The Morgan fingerprint density at radius 3 is 2.80 bits per heavy atom. The van der Waals surface area contributed by atoms with Crippen molar-refractivity contribution in [1.82, 2.24) is 0 Å². The quantitative estimate of drug-likeness (QED) is 0.607. The van der Waals surface area contributed by atoms with Gasteiger partial charge >= 0.3 is 19.8 Å². The normalized spacial score (nSPS) is 11.1. The van der Waals surface area contributed by atoms with E-state index in [0.717, 1.165) is 6.26 Å². The average Bonchev–Trinajstić information content (AvgIpc) is 2.13. The first kappa shape index (κ1) is 7.02. The van der Waals surface area contributed by atoms with Gasteiger partial charge in [-0.25, -0.2) is 9.32 Å². The highest BCUT2D eigenvalue weighted by Gasteiger charge is 2.13. The molecule has 10 heavy (non-hydrogen) atoms. The van der Waals surface area contributed by atoms with Crippen LogP contribution in [0, 0.1) is 0 Å². The van der Waals surface area contributed by atoms with Crippen molar-refractivity contribution in [2.24, 2.45) is 0 Å². The Balaban J connectivity index is 2.76. The number of hydrogen-bond donors (Lipinski definition) is 0. The van der Waals surface area contributed by atoms with Crippen LogP contribution in [0.25, 0.3) is 0 Å². The fourth-order valence-electron chi connectivity index (χ4n) is 0.393. The first-order chi connectivity index (χ1) is 4.68. The second kappa shape index (κ2) is 2.66. The van der Waals surface area contributed by atoms with E-state index in [9.17, 15) is 9.36 Å². The van der Waals surface area contributed by atoms with E-state index in [4.69, 9.17) is 0 Å². The van der Waals surface area contributed by atoms with E-state index in [1.807, 2.05) is 0 Å². The molecule has 0 aliphatic rings. The third-order valence-corrected chi connectivity index (χ3v) is 1.09. The summed E-state index contributed by atoms with van der Waals surface area (Å²) >= 11 is 0. The summed E-state index contributed by atoms with van der Waals surface area (Å²) in [6.07, 6.45) is 0.957. The molecule has 1 aromatic rings. The Bertz CT molecular complexity index is 284. The van der Waals surface area contributed by atoms with Crippen LogP contribution in [0.1, 0.15) is 0 Å². The highest BCUT2D eigenvalue weighted by atomic mass is 31.1. The third kappa shape index (κ3) is 1.70. The van der Waals surface area contributed by atoms with Gasteiger partial charge in [0.1, 0.15) is 0 Å². The third-order valence-electron chi connectivity index (χ3n) is 0.654. The van der Waals surface area contributed by atoms with Crippen molar-refractivity contribution < 1.29 is 17.9 Å². The van der Waals surface area contributed by atoms with Crippen molar-refractivity contribution in [3.63, 3.8) is 0 Å². The van der Waals surface area contributed by atoms with E-state index < -0.39 is 13.9 Å². The van der Waals surface area contributed by atoms with E-state index in [1.54, 1.807) is 0 Å². The fourth-order valence-corrected chi connectivity index (χ4v) is 0.727. The van der Waals surface area contributed by atoms with Gasteiger partial charge in [-0.3, -0.25) is 0 Å². The van der Waals surface area contributed by atoms with Gasteiger partial charge < -0.3 is 8.83 Å². The molecule has 1 aromatic heterocycles. The first-order valence-corrected chi connectivity index (χ1v) is 3.98. The molecule has 0 spiro atoms. The van der Waals surface area contributed by atoms with Crippen molar-refractivity contribution in [2.75, 3.05) is 6.66 Å². The SMILES string of the molecule is C[P+](=O)Oc1coc(=O)o1. The predicted octanol–water partition coefficient (Wildman–Crippen LogP) is 0.984. The average molecular weight is 163 g/mol. The van der Waals surface area contributed by atoms with Crippen molar-refractivity contribution in [1.29, 1.82) is 0 Å². The Labute approximate surface area is 56.5 Å². The summed E-state index contributed by atoms with van der Waals surface area (Å²) in [5.41, 5.74) is 0. The summed E-state index contributed by atoms with van der Waals surface area (Å²) in [6, 6.07) is 0. The predicted molar refractivity (Wildman–Crippen MR) is 31.4 cm³/mol. The maximum atomic E-state index is 10.3. The van der Waals surface area contributed by atoms with Gasteiger partial charge in [0, 0.05) is 0 Å². The maximum absolute atomic E-state index is 10.3. The van der Waals surface area contributed by atoms with Crippen molar-refractivity contribution in [2.45, 2.75) is 0 Å². The largest absolute Gasteiger partial charge is 0.556 e. The Kier molecular flexibility index (Phi) is 1.87. The van der Waals surface area contributed by atoms with Crippen molar-refractivity contribution in [3.8, 4) is 5.95 Å². The lowest BCUT2D eigenvalue weighted by Gasteiger charge is -1.75. The van der Waals surface area contributed by atoms with E-state index >= 15 is 0 Å². The van der Waals surface area contributed by atoms with Gasteiger partial charge in [0.15, 0.2) is 12.9 Å². The van der Waals surface area contributed by atoms with Gasteiger partial charge in [0.2, 0.25) is 0 Å². The minimum absolute atomic E-state index is 0.159. The lowest BCUT2D eigenvalue weighted by molar-refractivity contribution is 0.342. The van der Waals surface area contributed by atoms with Crippen LogP contribution in [0.3, 0.4) is 0 Å². The summed E-state index contributed by atoms with van der Waals surface area (Å²) in [5.74, 6) is -1.03. The molecule has 1 rings (SSSR count). The minimum atomic E-state index is -1.81. The Hall–Kier alpha value is -1.09. The van der Waals surface area contributed by atoms with E-state index in [2.05, 4.69) is 13.4 Å². The molecule has 0 aromatic carbocycles. The molecular formula is C4H4O5P+. The molecule has 0 amide bonds.